The van der Waals surface area contributed by atoms with Gasteiger partial charge in [-0.05, 0) is 79.9 Å². The summed E-state index contributed by atoms with van der Waals surface area (Å²) in [5, 5.41) is 0. The Hall–Kier alpha value is -7.23. The maximum absolute atomic E-state index is 5.37. The lowest BCUT2D eigenvalue weighted by Crippen LogP contribution is -2.02. The molecule has 254 valence electrons. The number of nitrogens with zero attached hydrogens (tertiary/aromatic N) is 3. The molecule has 0 saturated heterocycles. The van der Waals surface area contributed by atoms with Gasteiger partial charge in [0.2, 0.25) is 0 Å². The van der Waals surface area contributed by atoms with E-state index in [1.54, 1.807) is 0 Å². The molecule has 1 heterocycles. The van der Waals surface area contributed by atoms with Crippen molar-refractivity contribution in [1.82, 2.24) is 15.0 Å². The SMILES string of the molecule is c1ccc(-c2cccc(-c3nc(-c4ccc(-c5ccccc5)cc4-c4ccccc4)nc(-c4cc(-c5ccccc5)ccc4-c4ccccc4)n3)c2)cc1. The van der Waals surface area contributed by atoms with E-state index in [0.29, 0.717) is 17.5 Å². The molecule has 0 aliphatic heterocycles. The van der Waals surface area contributed by atoms with Crippen LogP contribution in [0, 0.1) is 0 Å². The second kappa shape index (κ2) is 14.8. The summed E-state index contributed by atoms with van der Waals surface area (Å²) < 4.78 is 0. The molecule has 9 aromatic rings. The molecule has 1 aromatic heterocycles. The van der Waals surface area contributed by atoms with E-state index in [2.05, 4.69) is 182 Å². The zero-order valence-electron chi connectivity index (χ0n) is 29.5. The van der Waals surface area contributed by atoms with Crippen LogP contribution in [-0.2, 0) is 0 Å². The van der Waals surface area contributed by atoms with Gasteiger partial charge in [0.05, 0.1) is 0 Å². The van der Waals surface area contributed by atoms with E-state index in [4.69, 9.17) is 15.0 Å². The number of hydrogen-bond acceptors (Lipinski definition) is 3. The average Bonchev–Trinajstić information content (AvgIpc) is 3.27. The molecule has 0 unspecified atom stereocenters. The van der Waals surface area contributed by atoms with Gasteiger partial charge in [-0.1, -0.05) is 188 Å². The lowest BCUT2D eigenvalue weighted by molar-refractivity contribution is 1.07. The highest BCUT2D eigenvalue weighted by Crippen LogP contribution is 2.39. The normalized spacial score (nSPS) is 11.0. The van der Waals surface area contributed by atoms with Crippen LogP contribution in [0.25, 0.3) is 89.8 Å². The van der Waals surface area contributed by atoms with Crippen molar-refractivity contribution in [3.8, 4) is 89.8 Å². The van der Waals surface area contributed by atoms with Crippen LogP contribution in [-0.4, -0.2) is 15.0 Å². The molecule has 0 bridgehead atoms. The van der Waals surface area contributed by atoms with Crippen LogP contribution in [0.15, 0.2) is 212 Å². The Balaban J connectivity index is 1.30. The highest BCUT2D eigenvalue weighted by atomic mass is 15.0. The minimum Gasteiger partial charge on any atom is -0.208 e. The first kappa shape index (κ1) is 32.7. The monoisotopic (exact) mass is 689 g/mol. The fourth-order valence-corrected chi connectivity index (χ4v) is 7.03. The van der Waals surface area contributed by atoms with Crippen molar-refractivity contribution in [2.75, 3.05) is 0 Å². The maximum atomic E-state index is 5.37. The molecule has 3 nitrogen and oxygen atoms in total. The van der Waals surface area contributed by atoms with E-state index in [-0.39, 0.29) is 0 Å². The number of hydrogen-bond donors (Lipinski definition) is 0. The summed E-state index contributed by atoms with van der Waals surface area (Å²) in [7, 11) is 0. The van der Waals surface area contributed by atoms with Gasteiger partial charge in [0.25, 0.3) is 0 Å². The van der Waals surface area contributed by atoms with Crippen LogP contribution >= 0.6 is 0 Å². The summed E-state index contributed by atoms with van der Waals surface area (Å²) in [6.45, 7) is 0. The predicted octanol–water partition coefficient (Wildman–Crippen LogP) is 13.2. The van der Waals surface area contributed by atoms with Gasteiger partial charge in [-0.15, -0.1) is 0 Å². The molecule has 0 aliphatic rings. The average molecular weight is 690 g/mol. The van der Waals surface area contributed by atoms with E-state index < -0.39 is 0 Å². The van der Waals surface area contributed by atoms with Crippen molar-refractivity contribution in [2.45, 2.75) is 0 Å². The van der Waals surface area contributed by atoms with Crippen LogP contribution in [0.3, 0.4) is 0 Å². The van der Waals surface area contributed by atoms with Crippen molar-refractivity contribution >= 4 is 0 Å². The second-order valence-electron chi connectivity index (χ2n) is 13.2. The Morgan fingerprint density at radius 2 is 0.537 bits per heavy atom. The molecular formula is C51H35N3. The van der Waals surface area contributed by atoms with E-state index in [1.165, 1.54) is 0 Å². The summed E-state index contributed by atoms with van der Waals surface area (Å²) in [6, 6.07) is 74.0. The lowest BCUT2D eigenvalue weighted by atomic mass is 9.93. The molecule has 54 heavy (non-hydrogen) atoms. The molecule has 0 atom stereocenters. The van der Waals surface area contributed by atoms with Crippen LogP contribution < -0.4 is 0 Å². The molecule has 8 aromatic carbocycles. The molecular weight excluding hydrogens is 655 g/mol. The summed E-state index contributed by atoms with van der Waals surface area (Å²) in [4.78, 5) is 16.0. The summed E-state index contributed by atoms with van der Waals surface area (Å²) in [5.74, 6) is 1.84. The molecule has 0 saturated carbocycles. The topological polar surface area (TPSA) is 38.7 Å². The van der Waals surface area contributed by atoms with Crippen molar-refractivity contribution in [2.24, 2.45) is 0 Å². The molecule has 0 spiro atoms. The van der Waals surface area contributed by atoms with Crippen molar-refractivity contribution in [3.63, 3.8) is 0 Å². The molecule has 0 radical (unpaired) electrons. The van der Waals surface area contributed by atoms with Gasteiger partial charge >= 0.3 is 0 Å². The van der Waals surface area contributed by atoms with E-state index in [9.17, 15) is 0 Å². The first-order valence-corrected chi connectivity index (χ1v) is 18.2. The minimum absolute atomic E-state index is 0.614. The van der Waals surface area contributed by atoms with Crippen molar-refractivity contribution < 1.29 is 0 Å². The van der Waals surface area contributed by atoms with Gasteiger partial charge < -0.3 is 0 Å². The van der Waals surface area contributed by atoms with Crippen LogP contribution in [0.2, 0.25) is 0 Å². The third-order valence-corrected chi connectivity index (χ3v) is 9.77. The van der Waals surface area contributed by atoms with Gasteiger partial charge in [0.15, 0.2) is 17.5 Å². The maximum Gasteiger partial charge on any atom is 0.164 e. The highest BCUT2D eigenvalue weighted by molar-refractivity contribution is 5.88. The summed E-state index contributed by atoms with van der Waals surface area (Å²) in [5.41, 5.74) is 13.8. The van der Waals surface area contributed by atoms with E-state index >= 15 is 0 Å². The second-order valence-corrected chi connectivity index (χ2v) is 13.2. The third kappa shape index (κ3) is 6.74. The first-order chi connectivity index (χ1) is 26.8. The fourth-order valence-electron chi connectivity index (χ4n) is 7.03. The van der Waals surface area contributed by atoms with Gasteiger partial charge in [-0.2, -0.15) is 0 Å². The number of rotatable bonds is 8. The molecule has 0 N–H and O–H groups in total. The zero-order valence-corrected chi connectivity index (χ0v) is 29.5. The highest BCUT2D eigenvalue weighted by Gasteiger charge is 2.20. The van der Waals surface area contributed by atoms with Gasteiger partial charge in [-0.3, -0.25) is 0 Å². The van der Waals surface area contributed by atoms with Crippen LogP contribution in [0.1, 0.15) is 0 Å². The van der Waals surface area contributed by atoms with E-state index in [0.717, 1.165) is 72.3 Å². The van der Waals surface area contributed by atoms with Crippen molar-refractivity contribution in [1.29, 1.82) is 0 Å². The first-order valence-electron chi connectivity index (χ1n) is 18.2. The van der Waals surface area contributed by atoms with Crippen LogP contribution in [0.4, 0.5) is 0 Å². The van der Waals surface area contributed by atoms with Gasteiger partial charge in [0.1, 0.15) is 0 Å². The number of benzene rings is 8. The largest absolute Gasteiger partial charge is 0.208 e. The Kier molecular flexibility index (Phi) is 8.94. The number of aromatic nitrogens is 3. The Bertz CT molecular complexity index is 2680. The fraction of sp³-hybridized carbons (Fsp3) is 0. The molecule has 0 aliphatic carbocycles. The Morgan fingerprint density at radius 1 is 0.185 bits per heavy atom. The summed E-state index contributed by atoms with van der Waals surface area (Å²) in [6.07, 6.45) is 0. The van der Waals surface area contributed by atoms with Crippen molar-refractivity contribution in [3.05, 3.63) is 212 Å². The lowest BCUT2D eigenvalue weighted by Gasteiger charge is -2.16. The van der Waals surface area contributed by atoms with Gasteiger partial charge in [0, 0.05) is 16.7 Å². The minimum atomic E-state index is 0.614. The molecule has 9 rings (SSSR count). The summed E-state index contributed by atoms with van der Waals surface area (Å²) >= 11 is 0. The quantitative estimate of drug-likeness (QED) is 0.159. The molecule has 3 heteroatoms. The molecule has 0 fully saturated rings. The molecule has 0 amide bonds. The zero-order chi connectivity index (χ0) is 36.1. The van der Waals surface area contributed by atoms with Gasteiger partial charge in [-0.25, -0.2) is 15.0 Å². The Labute approximate surface area is 316 Å². The third-order valence-electron chi connectivity index (χ3n) is 9.77. The van der Waals surface area contributed by atoms with Crippen LogP contribution in [0.5, 0.6) is 0 Å². The van der Waals surface area contributed by atoms with E-state index in [1.807, 2.05) is 30.3 Å². The predicted molar refractivity (Wildman–Crippen MR) is 223 cm³/mol. The Morgan fingerprint density at radius 3 is 1.06 bits per heavy atom. The standard InChI is InChI=1S/C51H35N3/c1-6-17-36(18-7-1)41-27-16-28-44(33-41)49-52-50(46-32-30-42(37-19-8-2-9-20-37)34-47(46)40-25-14-5-15-26-40)54-51(53-49)48-35-43(38-21-10-3-11-22-38)29-31-45(48)39-23-12-4-13-24-39/h1-35H. The smallest absolute Gasteiger partial charge is 0.164 e.